The van der Waals surface area contributed by atoms with Gasteiger partial charge in [0.1, 0.15) is 5.82 Å². The fourth-order valence-electron chi connectivity index (χ4n) is 1.25. The standard InChI is InChI=1S/C11H8ClFO5/c12-7-2-1-5(3-8(7)13)9(14)4-6(10(15)16)11(17)18/h1-3,6H,4H2,(H,15,16)(H,17,18). The highest BCUT2D eigenvalue weighted by molar-refractivity contribution is 6.30. The maximum absolute atomic E-state index is 13.1. The molecule has 0 saturated heterocycles. The van der Waals surface area contributed by atoms with E-state index in [4.69, 9.17) is 21.8 Å². The highest BCUT2D eigenvalue weighted by atomic mass is 35.5. The van der Waals surface area contributed by atoms with E-state index in [0.29, 0.717) is 0 Å². The van der Waals surface area contributed by atoms with Crippen LogP contribution in [0.4, 0.5) is 4.39 Å². The number of aliphatic carboxylic acids is 2. The quantitative estimate of drug-likeness (QED) is 0.631. The van der Waals surface area contributed by atoms with E-state index in [2.05, 4.69) is 0 Å². The van der Waals surface area contributed by atoms with Crippen molar-refractivity contribution in [2.45, 2.75) is 6.42 Å². The Hall–Kier alpha value is -1.95. The van der Waals surface area contributed by atoms with E-state index in [1.807, 2.05) is 0 Å². The number of halogens is 2. The maximum atomic E-state index is 13.1. The fraction of sp³-hybridized carbons (Fsp3) is 0.182. The van der Waals surface area contributed by atoms with Crippen molar-refractivity contribution in [1.82, 2.24) is 0 Å². The molecule has 0 aliphatic rings. The van der Waals surface area contributed by atoms with Gasteiger partial charge in [0.25, 0.3) is 0 Å². The molecule has 5 nitrogen and oxygen atoms in total. The summed E-state index contributed by atoms with van der Waals surface area (Å²) in [4.78, 5) is 32.8. The third kappa shape index (κ3) is 3.27. The Labute approximate surface area is 106 Å². The average Bonchev–Trinajstić information content (AvgIpc) is 2.28. The van der Waals surface area contributed by atoms with Crippen molar-refractivity contribution in [3.05, 3.63) is 34.6 Å². The van der Waals surface area contributed by atoms with Gasteiger partial charge in [0, 0.05) is 12.0 Å². The smallest absolute Gasteiger partial charge is 0.318 e. The fourth-order valence-corrected chi connectivity index (χ4v) is 1.37. The zero-order valence-corrected chi connectivity index (χ0v) is 9.65. The molecule has 2 N–H and O–H groups in total. The monoisotopic (exact) mass is 274 g/mol. The van der Waals surface area contributed by atoms with E-state index in [1.165, 1.54) is 6.07 Å². The third-order valence-electron chi connectivity index (χ3n) is 2.23. The van der Waals surface area contributed by atoms with Crippen molar-refractivity contribution in [3.8, 4) is 0 Å². The van der Waals surface area contributed by atoms with Crippen LogP contribution in [0.2, 0.25) is 5.02 Å². The van der Waals surface area contributed by atoms with Gasteiger partial charge in [-0.15, -0.1) is 0 Å². The zero-order chi connectivity index (χ0) is 13.9. The van der Waals surface area contributed by atoms with Crippen LogP contribution in [0.15, 0.2) is 18.2 Å². The molecule has 0 spiro atoms. The van der Waals surface area contributed by atoms with Crippen LogP contribution >= 0.6 is 11.6 Å². The predicted octanol–water partition coefficient (Wildman–Crippen LogP) is 1.84. The second kappa shape index (κ2) is 5.59. The van der Waals surface area contributed by atoms with Crippen LogP contribution in [0.1, 0.15) is 16.8 Å². The van der Waals surface area contributed by atoms with E-state index in [1.54, 1.807) is 0 Å². The van der Waals surface area contributed by atoms with Gasteiger partial charge in [0.15, 0.2) is 11.7 Å². The molecule has 18 heavy (non-hydrogen) atoms. The first kappa shape index (κ1) is 14.1. The summed E-state index contributed by atoms with van der Waals surface area (Å²) in [7, 11) is 0. The molecule has 0 bridgehead atoms. The Morgan fingerprint density at radius 2 is 1.78 bits per heavy atom. The molecular weight excluding hydrogens is 267 g/mol. The summed E-state index contributed by atoms with van der Waals surface area (Å²) >= 11 is 5.42. The van der Waals surface area contributed by atoms with Crippen LogP contribution in [0.25, 0.3) is 0 Å². The Morgan fingerprint density at radius 3 is 2.22 bits per heavy atom. The molecule has 0 heterocycles. The third-order valence-corrected chi connectivity index (χ3v) is 2.53. The molecule has 1 aromatic carbocycles. The van der Waals surface area contributed by atoms with Crippen molar-refractivity contribution >= 4 is 29.3 Å². The van der Waals surface area contributed by atoms with Crippen LogP contribution in [0.5, 0.6) is 0 Å². The number of carbonyl (C=O) groups excluding carboxylic acids is 1. The minimum atomic E-state index is -1.85. The van der Waals surface area contributed by atoms with Crippen LogP contribution in [0.3, 0.4) is 0 Å². The average molecular weight is 275 g/mol. The topological polar surface area (TPSA) is 91.7 Å². The van der Waals surface area contributed by atoms with Gasteiger partial charge in [-0.1, -0.05) is 11.6 Å². The molecular formula is C11H8ClFO5. The molecule has 7 heteroatoms. The summed E-state index contributed by atoms with van der Waals surface area (Å²) in [6, 6.07) is 3.18. The predicted molar refractivity (Wildman–Crippen MR) is 59.1 cm³/mol. The van der Waals surface area contributed by atoms with Gasteiger partial charge in [0.05, 0.1) is 5.02 Å². The van der Waals surface area contributed by atoms with E-state index >= 15 is 0 Å². The molecule has 96 valence electrons. The molecule has 0 fully saturated rings. The Balaban J connectivity index is 2.90. The van der Waals surface area contributed by atoms with Crippen LogP contribution in [-0.4, -0.2) is 27.9 Å². The Morgan fingerprint density at radius 1 is 1.22 bits per heavy atom. The van der Waals surface area contributed by atoms with Crippen LogP contribution in [0, 0.1) is 11.7 Å². The summed E-state index contributed by atoms with van der Waals surface area (Å²) in [5, 5.41) is 17.0. The summed E-state index contributed by atoms with van der Waals surface area (Å²) < 4.78 is 13.1. The van der Waals surface area contributed by atoms with Gasteiger partial charge in [-0.05, 0) is 18.2 Å². The minimum absolute atomic E-state index is 0.121. The second-order valence-electron chi connectivity index (χ2n) is 3.49. The van der Waals surface area contributed by atoms with Gasteiger partial charge >= 0.3 is 11.9 Å². The molecule has 0 amide bonds. The minimum Gasteiger partial charge on any atom is -0.481 e. The highest BCUT2D eigenvalue weighted by Gasteiger charge is 2.29. The van der Waals surface area contributed by atoms with Crippen LogP contribution < -0.4 is 0 Å². The van der Waals surface area contributed by atoms with E-state index in [0.717, 1.165) is 12.1 Å². The summed E-state index contributed by atoms with van der Waals surface area (Å²) in [5.41, 5.74) is -0.121. The largest absolute Gasteiger partial charge is 0.481 e. The zero-order valence-electron chi connectivity index (χ0n) is 8.89. The van der Waals surface area contributed by atoms with Gasteiger partial charge in [0.2, 0.25) is 0 Å². The number of carboxylic acids is 2. The van der Waals surface area contributed by atoms with Crippen molar-refractivity contribution in [2.24, 2.45) is 5.92 Å². The number of carboxylic acid groups (broad SMARTS) is 2. The number of Topliss-reactive ketones (excluding diaryl/α,β-unsaturated/α-hetero) is 1. The molecule has 0 aromatic heterocycles. The molecule has 1 rings (SSSR count). The lowest BCUT2D eigenvalue weighted by Gasteiger charge is -2.06. The molecule has 0 radical (unpaired) electrons. The second-order valence-corrected chi connectivity index (χ2v) is 3.89. The molecule has 1 aromatic rings. The van der Waals surface area contributed by atoms with Crippen molar-refractivity contribution in [1.29, 1.82) is 0 Å². The first-order chi connectivity index (χ1) is 8.32. The van der Waals surface area contributed by atoms with Gasteiger partial charge < -0.3 is 10.2 Å². The van der Waals surface area contributed by atoms with Crippen molar-refractivity contribution < 1.29 is 29.0 Å². The Kier molecular flexibility index (Phi) is 4.38. The normalized spacial score (nSPS) is 10.4. The summed E-state index contributed by atoms with van der Waals surface area (Å²) in [5.74, 6) is -6.70. The lowest BCUT2D eigenvalue weighted by atomic mass is 9.98. The van der Waals surface area contributed by atoms with E-state index < -0.39 is 35.9 Å². The van der Waals surface area contributed by atoms with Crippen molar-refractivity contribution in [2.75, 3.05) is 0 Å². The number of benzene rings is 1. The maximum Gasteiger partial charge on any atom is 0.318 e. The first-order valence-corrected chi connectivity index (χ1v) is 5.14. The number of hydrogen-bond donors (Lipinski definition) is 2. The SMILES string of the molecule is O=C(CC(C(=O)O)C(=O)O)c1ccc(Cl)c(F)c1. The van der Waals surface area contributed by atoms with Crippen molar-refractivity contribution in [3.63, 3.8) is 0 Å². The summed E-state index contributed by atoms with van der Waals surface area (Å²) in [6.45, 7) is 0. The van der Waals surface area contributed by atoms with Gasteiger partial charge in [-0.2, -0.15) is 0 Å². The number of carbonyl (C=O) groups is 3. The number of ketones is 1. The van der Waals surface area contributed by atoms with E-state index in [9.17, 15) is 18.8 Å². The number of rotatable bonds is 5. The lowest BCUT2D eigenvalue weighted by Crippen LogP contribution is -2.26. The molecule has 0 aliphatic heterocycles. The molecule has 0 saturated carbocycles. The Bertz CT molecular complexity index is 500. The summed E-state index contributed by atoms with van der Waals surface area (Å²) in [6.07, 6.45) is -0.744. The molecule has 0 unspecified atom stereocenters. The molecule has 0 atom stereocenters. The number of hydrogen-bond acceptors (Lipinski definition) is 3. The highest BCUT2D eigenvalue weighted by Crippen LogP contribution is 2.18. The molecule has 0 aliphatic carbocycles. The lowest BCUT2D eigenvalue weighted by molar-refractivity contribution is -0.154. The van der Waals surface area contributed by atoms with Crippen LogP contribution in [-0.2, 0) is 9.59 Å². The first-order valence-electron chi connectivity index (χ1n) is 4.76. The van der Waals surface area contributed by atoms with Gasteiger partial charge in [-0.25, -0.2) is 4.39 Å². The van der Waals surface area contributed by atoms with Gasteiger partial charge in [-0.3, -0.25) is 14.4 Å². The van der Waals surface area contributed by atoms with E-state index in [-0.39, 0.29) is 10.6 Å².